The Morgan fingerprint density at radius 1 is 1.33 bits per heavy atom. The molecule has 0 spiro atoms. The molecule has 3 rings (SSSR count). The van der Waals surface area contributed by atoms with Crippen molar-refractivity contribution in [2.24, 2.45) is 0 Å². The number of hydrogen-bond acceptors (Lipinski definition) is 2. The molecule has 1 aliphatic heterocycles. The quantitative estimate of drug-likeness (QED) is 0.794. The molecule has 2 nitrogen and oxygen atoms in total. The van der Waals surface area contributed by atoms with E-state index in [0.717, 1.165) is 25.2 Å². The third kappa shape index (κ3) is 1.37. The van der Waals surface area contributed by atoms with Crippen molar-refractivity contribution in [3.63, 3.8) is 0 Å². The van der Waals surface area contributed by atoms with Crippen LogP contribution in [0.2, 0.25) is 0 Å². The predicted molar refractivity (Wildman–Crippen MR) is 57.5 cm³/mol. The third-order valence-electron chi connectivity index (χ3n) is 3.30. The minimum atomic E-state index is -0.442. The van der Waals surface area contributed by atoms with Gasteiger partial charge in [0, 0.05) is 12.3 Å². The van der Waals surface area contributed by atoms with E-state index < -0.39 is 6.10 Å². The summed E-state index contributed by atoms with van der Waals surface area (Å²) >= 11 is 0. The second-order valence-corrected chi connectivity index (χ2v) is 4.20. The van der Waals surface area contributed by atoms with Gasteiger partial charge in [0.25, 0.3) is 0 Å². The largest absolute Gasteiger partial charge is 0.495 e. The Labute approximate surface area is 89.2 Å². The maximum absolute atomic E-state index is 10.1. The molecule has 1 heterocycles. The summed E-state index contributed by atoms with van der Waals surface area (Å²) in [4.78, 5) is 0. The van der Waals surface area contributed by atoms with E-state index in [1.807, 2.05) is 18.2 Å². The van der Waals surface area contributed by atoms with Gasteiger partial charge in [0.2, 0.25) is 0 Å². The molecule has 1 N–H and O–H groups in total. The predicted octanol–water partition coefficient (Wildman–Crippen LogP) is 1.99. The summed E-state index contributed by atoms with van der Waals surface area (Å²) in [7, 11) is 0. The molecule has 2 heteroatoms. The molecule has 0 fully saturated rings. The lowest BCUT2D eigenvalue weighted by atomic mass is 9.74. The van der Waals surface area contributed by atoms with Crippen molar-refractivity contribution >= 4 is 0 Å². The fourth-order valence-corrected chi connectivity index (χ4v) is 2.42. The molecule has 1 aromatic carbocycles. The Morgan fingerprint density at radius 2 is 2.20 bits per heavy atom. The Kier molecular flexibility index (Phi) is 2.03. The first kappa shape index (κ1) is 8.98. The average Bonchev–Trinajstić information content (AvgIpc) is 2.72. The van der Waals surface area contributed by atoms with Gasteiger partial charge < -0.3 is 9.84 Å². The monoisotopic (exact) mass is 202 g/mol. The van der Waals surface area contributed by atoms with E-state index >= 15 is 0 Å². The van der Waals surface area contributed by atoms with Crippen LogP contribution in [-0.4, -0.2) is 17.8 Å². The van der Waals surface area contributed by atoms with Crippen molar-refractivity contribution in [3.8, 4) is 0 Å². The van der Waals surface area contributed by atoms with Gasteiger partial charge in [-0.25, -0.2) is 0 Å². The number of ether oxygens (including phenoxy) is 1. The van der Waals surface area contributed by atoms with Gasteiger partial charge in [0.05, 0.1) is 6.61 Å². The maximum atomic E-state index is 10.1. The standard InChI is InChI=1S/C13H14O2/c14-13(12-6-3-7-15-12)11-8-9-4-1-2-5-10(9)11/h1-2,4-6,11,13-14H,3,7-8H2. The molecule has 2 unspecified atom stereocenters. The van der Waals surface area contributed by atoms with Gasteiger partial charge in [-0.1, -0.05) is 24.3 Å². The van der Waals surface area contributed by atoms with Crippen LogP contribution in [-0.2, 0) is 11.2 Å². The van der Waals surface area contributed by atoms with Crippen molar-refractivity contribution in [3.05, 3.63) is 47.2 Å². The van der Waals surface area contributed by atoms with Gasteiger partial charge in [-0.05, 0) is 23.6 Å². The first-order valence-electron chi connectivity index (χ1n) is 5.45. The topological polar surface area (TPSA) is 29.5 Å². The number of hydrogen-bond donors (Lipinski definition) is 1. The lowest BCUT2D eigenvalue weighted by Gasteiger charge is -2.33. The van der Waals surface area contributed by atoms with E-state index in [2.05, 4.69) is 12.1 Å². The Balaban J connectivity index is 1.81. The molecule has 78 valence electrons. The summed E-state index contributed by atoms with van der Waals surface area (Å²) < 4.78 is 5.40. The first-order valence-corrected chi connectivity index (χ1v) is 5.45. The molecule has 0 saturated carbocycles. The maximum Gasteiger partial charge on any atom is 0.121 e. The second kappa shape index (κ2) is 3.38. The van der Waals surface area contributed by atoms with Crippen LogP contribution in [0.5, 0.6) is 0 Å². The summed E-state index contributed by atoms with van der Waals surface area (Å²) in [5, 5.41) is 10.1. The van der Waals surface area contributed by atoms with E-state index in [-0.39, 0.29) is 5.92 Å². The van der Waals surface area contributed by atoms with Crippen molar-refractivity contribution in [1.82, 2.24) is 0 Å². The van der Waals surface area contributed by atoms with Gasteiger partial charge in [-0.3, -0.25) is 0 Å². The zero-order valence-corrected chi connectivity index (χ0v) is 8.52. The van der Waals surface area contributed by atoms with Crippen LogP contribution in [0.15, 0.2) is 36.1 Å². The summed E-state index contributed by atoms with van der Waals surface area (Å²) in [5.41, 5.74) is 2.64. The molecule has 0 radical (unpaired) electrons. The summed E-state index contributed by atoms with van der Waals surface area (Å²) in [6, 6.07) is 8.30. The van der Waals surface area contributed by atoms with Crippen molar-refractivity contribution in [2.75, 3.05) is 6.61 Å². The van der Waals surface area contributed by atoms with Crippen LogP contribution in [0.25, 0.3) is 0 Å². The minimum absolute atomic E-state index is 0.241. The highest BCUT2D eigenvalue weighted by atomic mass is 16.5. The molecule has 1 aliphatic carbocycles. The van der Waals surface area contributed by atoms with E-state index in [9.17, 15) is 5.11 Å². The summed E-state index contributed by atoms with van der Waals surface area (Å²) in [6.45, 7) is 0.723. The molecule has 0 bridgehead atoms. The smallest absolute Gasteiger partial charge is 0.121 e. The second-order valence-electron chi connectivity index (χ2n) is 4.20. The lowest BCUT2D eigenvalue weighted by molar-refractivity contribution is 0.0917. The van der Waals surface area contributed by atoms with Gasteiger partial charge >= 0.3 is 0 Å². The fourth-order valence-electron chi connectivity index (χ4n) is 2.42. The van der Waals surface area contributed by atoms with E-state index in [4.69, 9.17) is 4.74 Å². The van der Waals surface area contributed by atoms with Crippen LogP contribution in [0.3, 0.4) is 0 Å². The zero-order valence-electron chi connectivity index (χ0n) is 8.52. The molecule has 0 saturated heterocycles. The Morgan fingerprint density at radius 3 is 2.93 bits per heavy atom. The normalized spacial score (nSPS) is 24.9. The Bertz CT molecular complexity index is 409. The third-order valence-corrected chi connectivity index (χ3v) is 3.30. The van der Waals surface area contributed by atoms with Crippen molar-refractivity contribution in [1.29, 1.82) is 0 Å². The molecule has 0 aromatic heterocycles. The lowest BCUT2D eigenvalue weighted by Crippen LogP contribution is -2.30. The van der Waals surface area contributed by atoms with Gasteiger partial charge in [0.15, 0.2) is 0 Å². The van der Waals surface area contributed by atoms with Gasteiger partial charge in [-0.2, -0.15) is 0 Å². The van der Waals surface area contributed by atoms with Crippen LogP contribution in [0.1, 0.15) is 23.5 Å². The fraction of sp³-hybridized carbons (Fsp3) is 0.385. The van der Waals surface area contributed by atoms with Gasteiger partial charge in [0.1, 0.15) is 11.9 Å². The van der Waals surface area contributed by atoms with Gasteiger partial charge in [-0.15, -0.1) is 0 Å². The SMILES string of the molecule is OC(C1=CCCO1)C1Cc2ccccc21. The average molecular weight is 202 g/mol. The van der Waals surface area contributed by atoms with Crippen molar-refractivity contribution in [2.45, 2.75) is 24.9 Å². The van der Waals surface area contributed by atoms with Crippen LogP contribution >= 0.6 is 0 Å². The minimum Gasteiger partial charge on any atom is -0.495 e. The molecule has 1 aromatic rings. The number of fused-ring (bicyclic) bond motifs is 1. The zero-order chi connectivity index (χ0) is 10.3. The number of aliphatic hydroxyl groups excluding tert-OH is 1. The highest BCUT2D eigenvalue weighted by molar-refractivity contribution is 5.42. The highest BCUT2D eigenvalue weighted by Crippen LogP contribution is 2.40. The summed E-state index contributed by atoms with van der Waals surface area (Å²) in [6.07, 6.45) is 3.46. The van der Waals surface area contributed by atoms with E-state index in [0.29, 0.717) is 0 Å². The van der Waals surface area contributed by atoms with Crippen LogP contribution in [0, 0.1) is 0 Å². The molecule has 2 atom stereocenters. The molecule has 2 aliphatic rings. The van der Waals surface area contributed by atoms with E-state index in [1.54, 1.807) is 0 Å². The van der Waals surface area contributed by atoms with E-state index in [1.165, 1.54) is 11.1 Å². The number of benzene rings is 1. The molecular weight excluding hydrogens is 188 g/mol. The molecule has 0 amide bonds. The first-order chi connectivity index (χ1) is 7.36. The molecule has 15 heavy (non-hydrogen) atoms. The van der Waals surface area contributed by atoms with Crippen molar-refractivity contribution < 1.29 is 9.84 Å². The number of rotatable bonds is 2. The Hall–Kier alpha value is -1.28. The van der Waals surface area contributed by atoms with Crippen LogP contribution in [0.4, 0.5) is 0 Å². The summed E-state index contributed by atoms with van der Waals surface area (Å²) in [5.74, 6) is 1.01. The van der Waals surface area contributed by atoms with Crippen LogP contribution < -0.4 is 0 Å². The molecular formula is C13H14O2. The number of aliphatic hydroxyl groups is 1. The highest BCUT2D eigenvalue weighted by Gasteiger charge is 2.34.